The topological polar surface area (TPSA) is 33.5 Å². The molecule has 0 aliphatic carbocycles. The van der Waals surface area contributed by atoms with Crippen molar-refractivity contribution in [3.63, 3.8) is 0 Å². The number of hydrogen-bond donors (Lipinski definition) is 0. The van der Waals surface area contributed by atoms with Gasteiger partial charge in [0.05, 0.1) is 0 Å². The van der Waals surface area contributed by atoms with Crippen LogP contribution in [0.5, 0.6) is 0 Å². The first-order chi connectivity index (χ1) is 8.38. The van der Waals surface area contributed by atoms with E-state index in [1.54, 1.807) is 6.07 Å². The number of anilines is 1. The van der Waals surface area contributed by atoms with E-state index in [9.17, 15) is 4.79 Å². The summed E-state index contributed by atoms with van der Waals surface area (Å²) in [4.78, 5) is 13.4. The van der Waals surface area contributed by atoms with Crippen LogP contribution in [0.25, 0.3) is 0 Å². The lowest BCUT2D eigenvalue weighted by Crippen LogP contribution is -2.30. The summed E-state index contributed by atoms with van der Waals surface area (Å²) in [5, 5.41) is 0. The number of ketones is 1. The third-order valence-corrected chi connectivity index (χ3v) is 3.42. The van der Waals surface area contributed by atoms with E-state index in [0.717, 1.165) is 25.4 Å². The number of hydrogen-bond acceptors (Lipinski definition) is 3. The second-order valence-electron chi connectivity index (χ2n) is 5.87. The molecule has 2 heterocycles. The van der Waals surface area contributed by atoms with E-state index in [-0.39, 0.29) is 11.2 Å². The van der Waals surface area contributed by atoms with Gasteiger partial charge in [0.1, 0.15) is 0 Å². The highest BCUT2D eigenvalue weighted by atomic mass is 16.4. The van der Waals surface area contributed by atoms with E-state index in [2.05, 4.69) is 31.7 Å². The predicted octanol–water partition coefficient (Wildman–Crippen LogP) is 3.66. The Balaban J connectivity index is 2.09. The lowest BCUT2D eigenvalue weighted by atomic mass is 9.83. The molecule has 0 bridgehead atoms. The van der Waals surface area contributed by atoms with Gasteiger partial charge in [-0.1, -0.05) is 32.4 Å². The average Bonchev–Trinajstić information content (AvgIpc) is 2.77. The van der Waals surface area contributed by atoms with Crippen LogP contribution in [0.1, 0.15) is 44.7 Å². The van der Waals surface area contributed by atoms with Crippen LogP contribution < -0.4 is 4.90 Å². The van der Waals surface area contributed by atoms with Crippen molar-refractivity contribution in [1.82, 2.24) is 0 Å². The van der Waals surface area contributed by atoms with Gasteiger partial charge in [0.2, 0.25) is 0 Å². The van der Waals surface area contributed by atoms with Crippen molar-refractivity contribution >= 4 is 11.7 Å². The molecule has 1 aromatic heterocycles. The molecule has 1 aliphatic heterocycles. The average molecular weight is 247 g/mol. The molecule has 18 heavy (non-hydrogen) atoms. The van der Waals surface area contributed by atoms with Crippen LogP contribution in [0.3, 0.4) is 0 Å². The highest BCUT2D eigenvalue weighted by Gasteiger charge is 2.22. The van der Waals surface area contributed by atoms with Crippen molar-refractivity contribution in [3.8, 4) is 0 Å². The summed E-state index contributed by atoms with van der Waals surface area (Å²) in [5.74, 6) is 1.21. The van der Waals surface area contributed by atoms with Crippen LogP contribution in [0, 0.1) is 5.41 Å². The fraction of sp³-hybridized carbons (Fsp3) is 0.533. The van der Waals surface area contributed by atoms with E-state index in [1.165, 1.54) is 12.5 Å². The zero-order valence-corrected chi connectivity index (χ0v) is 11.6. The first-order valence-electron chi connectivity index (χ1n) is 6.43. The molecule has 0 fully saturated rings. The van der Waals surface area contributed by atoms with Gasteiger partial charge in [-0.15, -0.1) is 0 Å². The molecule has 0 saturated heterocycles. The van der Waals surface area contributed by atoms with Gasteiger partial charge in [-0.25, -0.2) is 0 Å². The van der Waals surface area contributed by atoms with Gasteiger partial charge in [-0.2, -0.15) is 0 Å². The van der Waals surface area contributed by atoms with E-state index >= 15 is 0 Å². The largest absolute Gasteiger partial charge is 0.437 e. The Hall–Kier alpha value is -1.51. The molecule has 0 radical (unpaired) electrons. The summed E-state index contributed by atoms with van der Waals surface area (Å²) in [6.45, 7) is 10.1. The Morgan fingerprint density at radius 2 is 2.06 bits per heavy atom. The number of carbonyl (C=O) groups is 1. The molecule has 0 N–H and O–H groups in total. The van der Waals surface area contributed by atoms with Crippen LogP contribution in [-0.2, 0) is 0 Å². The minimum absolute atomic E-state index is 0.0239. The van der Waals surface area contributed by atoms with Crippen LogP contribution in [0.4, 0.5) is 5.88 Å². The highest BCUT2D eigenvalue weighted by molar-refractivity contribution is 5.91. The molecule has 3 nitrogen and oxygen atoms in total. The predicted molar refractivity (Wildman–Crippen MR) is 73.1 cm³/mol. The summed E-state index contributed by atoms with van der Waals surface area (Å²) in [7, 11) is 0. The summed E-state index contributed by atoms with van der Waals surface area (Å²) < 4.78 is 5.55. The number of carbonyl (C=O) groups excluding carboxylic acids is 1. The summed E-state index contributed by atoms with van der Waals surface area (Å²) in [6, 6.07) is 3.63. The van der Waals surface area contributed by atoms with Gasteiger partial charge in [-0.05, 0) is 17.9 Å². The summed E-state index contributed by atoms with van der Waals surface area (Å²) in [5.41, 5.74) is 1.75. The van der Waals surface area contributed by atoms with E-state index in [0.29, 0.717) is 5.76 Å². The fourth-order valence-electron chi connectivity index (χ4n) is 2.24. The van der Waals surface area contributed by atoms with Crippen molar-refractivity contribution in [2.45, 2.75) is 34.1 Å². The monoisotopic (exact) mass is 247 g/mol. The number of rotatable bonds is 2. The van der Waals surface area contributed by atoms with Crippen molar-refractivity contribution in [1.29, 1.82) is 0 Å². The molecule has 2 rings (SSSR count). The first-order valence-corrected chi connectivity index (χ1v) is 6.43. The van der Waals surface area contributed by atoms with Crippen molar-refractivity contribution in [2.75, 3.05) is 18.0 Å². The molecule has 1 aliphatic rings. The van der Waals surface area contributed by atoms with Gasteiger partial charge >= 0.3 is 0 Å². The molecule has 0 amide bonds. The third-order valence-electron chi connectivity index (χ3n) is 3.42. The normalized spacial score (nSPS) is 16.7. The molecule has 3 heteroatoms. The van der Waals surface area contributed by atoms with Crippen molar-refractivity contribution < 1.29 is 9.21 Å². The van der Waals surface area contributed by atoms with Gasteiger partial charge in [0.25, 0.3) is 0 Å². The second kappa shape index (κ2) is 4.63. The molecule has 0 atom stereocenters. The standard InChI is InChI=1S/C15H21NO2/c1-11(17)13-5-6-14(18-13)16-9-7-12(8-10-16)15(2,3)4/h5-7H,8-10H2,1-4H3. The molecular weight excluding hydrogens is 226 g/mol. The summed E-state index contributed by atoms with van der Waals surface area (Å²) in [6.07, 6.45) is 3.33. The van der Waals surface area contributed by atoms with Gasteiger partial charge in [-0.3, -0.25) is 4.79 Å². The minimum Gasteiger partial charge on any atom is -0.437 e. The SMILES string of the molecule is CC(=O)c1ccc(N2CC=C(C(C)(C)C)CC2)o1. The molecular formula is C15H21NO2. The second-order valence-corrected chi connectivity index (χ2v) is 5.87. The zero-order chi connectivity index (χ0) is 13.3. The van der Waals surface area contributed by atoms with Crippen LogP contribution in [0.2, 0.25) is 0 Å². The highest BCUT2D eigenvalue weighted by Crippen LogP contribution is 2.31. The lowest BCUT2D eigenvalue weighted by molar-refractivity contribution is 0.0988. The maximum atomic E-state index is 11.2. The van der Waals surface area contributed by atoms with Gasteiger partial charge in [0, 0.05) is 26.1 Å². The quantitative estimate of drug-likeness (QED) is 0.590. The Kier molecular flexibility index (Phi) is 3.33. The third kappa shape index (κ3) is 2.66. The smallest absolute Gasteiger partial charge is 0.196 e. The zero-order valence-electron chi connectivity index (χ0n) is 11.6. The fourth-order valence-corrected chi connectivity index (χ4v) is 2.24. The minimum atomic E-state index is -0.0239. The Morgan fingerprint density at radius 3 is 2.50 bits per heavy atom. The van der Waals surface area contributed by atoms with E-state index < -0.39 is 0 Å². The van der Waals surface area contributed by atoms with Crippen LogP contribution in [0.15, 0.2) is 28.2 Å². The molecule has 0 spiro atoms. The first kappa shape index (κ1) is 12.9. The Morgan fingerprint density at radius 1 is 1.33 bits per heavy atom. The maximum absolute atomic E-state index is 11.2. The van der Waals surface area contributed by atoms with E-state index in [1.807, 2.05) is 6.07 Å². The molecule has 1 aromatic rings. The van der Waals surface area contributed by atoms with Crippen molar-refractivity contribution in [3.05, 3.63) is 29.5 Å². The van der Waals surface area contributed by atoms with E-state index in [4.69, 9.17) is 4.42 Å². The maximum Gasteiger partial charge on any atom is 0.196 e. The molecule has 0 aromatic carbocycles. The number of furan rings is 1. The Labute approximate surface area is 108 Å². The molecule has 0 unspecified atom stereocenters. The lowest BCUT2D eigenvalue weighted by Gasteiger charge is -2.32. The number of nitrogens with zero attached hydrogens (tertiary/aromatic N) is 1. The molecule has 0 saturated carbocycles. The van der Waals surface area contributed by atoms with Crippen molar-refractivity contribution in [2.24, 2.45) is 5.41 Å². The Bertz CT molecular complexity index is 477. The number of Topliss-reactive ketones (excluding diaryl/α,β-unsaturated/α-hetero) is 1. The van der Waals surface area contributed by atoms with Crippen LogP contribution >= 0.6 is 0 Å². The van der Waals surface area contributed by atoms with Gasteiger partial charge < -0.3 is 9.32 Å². The van der Waals surface area contributed by atoms with Crippen LogP contribution in [-0.4, -0.2) is 18.9 Å². The summed E-state index contributed by atoms with van der Waals surface area (Å²) >= 11 is 0. The molecule has 98 valence electrons. The van der Waals surface area contributed by atoms with Gasteiger partial charge in [0.15, 0.2) is 17.4 Å².